The maximum atomic E-state index is 11.6. The van der Waals surface area contributed by atoms with Gasteiger partial charge in [-0.2, -0.15) is 0 Å². The van der Waals surface area contributed by atoms with Crippen LogP contribution in [0.2, 0.25) is 5.02 Å². The molecule has 2 rings (SSSR count). The highest BCUT2D eigenvalue weighted by Gasteiger charge is 2.04. The van der Waals surface area contributed by atoms with Gasteiger partial charge in [0, 0.05) is 10.7 Å². The molecule has 21 heavy (non-hydrogen) atoms. The maximum absolute atomic E-state index is 11.6. The Morgan fingerprint density at radius 3 is 2.71 bits per heavy atom. The van der Waals surface area contributed by atoms with Gasteiger partial charge in [-0.05, 0) is 46.3 Å². The van der Waals surface area contributed by atoms with Gasteiger partial charge in [0.2, 0.25) is 0 Å². The summed E-state index contributed by atoms with van der Waals surface area (Å²) < 4.78 is 11.4. The molecule has 0 aliphatic rings. The van der Waals surface area contributed by atoms with Crippen molar-refractivity contribution in [1.29, 1.82) is 0 Å². The first-order chi connectivity index (χ1) is 10.1. The number of ether oxygens (including phenoxy) is 2. The standard InChI is InChI=1S/C15H13BrClNO3/c16-13-6-1-2-7-14(13)20-8-9-21-15(19)18-12-5-3-4-11(17)10-12/h1-7,10H,8-9H2,(H,18,19). The lowest BCUT2D eigenvalue weighted by atomic mass is 10.3. The van der Waals surface area contributed by atoms with Gasteiger partial charge >= 0.3 is 6.09 Å². The smallest absolute Gasteiger partial charge is 0.411 e. The van der Waals surface area contributed by atoms with Crippen LogP contribution in [0.25, 0.3) is 0 Å². The van der Waals surface area contributed by atoms with Gasteiger partial charge in [-0.15, -0.1) is 0 Å². The van der Waals surface area contributed by atoms with Gasteiger partial charge in [0.15, 0.2) is 0 Å². The van der Waals surface area contributed by atoms with Crippen LogP contribution in [-0.2, 0) is 4.74 Å². The van der Waals surface area contributed by atoms with E-state index in [0.717, 1.165) is 4.47 Å². The van der Waals surface area contributed by atoms with Crippen LogP contribution in [0.5, 0.6) is 5.75 Å². The van der Waals surface area contributed by atoms with Crippen LogP contribution in [0.15, 0.2) is 53.0 Å². The molecule has 1 amide bonds. The number of para-hydroxylation sites is 1. The van der Waals surface area contributed by atoms with Crippen LogP contribution in [-0.4, -0.2) is 19.3 Å². The van der Waals surface area contributed by atoms with Crippen molar-refractivity contribution in [3.63, 3.8) is 0 Å². The number of carbonyl (C=O) groups is 1. The molecule has 0 radical (unpaired) electrons. The van der Waals surface area contributed by atoms with Gasteiger partial charge in [0.25, 0.3) is 0 Å². The minimum atomic E-state index is -0.548. The van der Waals surface area contributed by atoms with E-state index in [1.165, 1.54) is 0 Å². The van der Waals surface area contributed by atoms with E-state index >= 15 is 0 Å². The third kappa shape index (κ3) is 5.28. The van der Waals surface area contributed by atoms with E-state index in [1.54, 1.807) is 24.3 Å². The third-order valence-corrected chi connectivity index (χ3v) is 3.37. The van der Waals surface area contributed by atoms with Crippen molar-refractivity contribution in [1.82, 2.24) is 0 Å². The molecule has 0 spiro atoms. The fraction of sp³-hybridized carbons (Fsp3) is 0.133. The molecule has 110 valence electrons. The Morgan fingerprint density at radius 1 is 1.14 bits per heavy atom. The molecule has 0 atom stereocenters. The molecule has 2 aromatic carbocycles. The van der Waals surface area contributed by atoms with E-state index in [-0.39, 0.29) is 13.2 Å². The van der Waals surface area contributed by atoms with Gasteiger partial charge in [0.05, 0.1) is 4.47 Å². The molecular formula is C15H13BrClNO3. The predicted molar refractivity (Wildman–Crippen MR) is 86.1 cm³/mol. The van der Waals surface area contributed by atoms with Gasteiger partial charge in [-0.25, -0.2) is 4.79 Å². The van der Waals surface area contributed by atoms with Crippen LogP contribution < -0.4 is 10.1 Å². The van der Waals surface area contributed by atoms with Crippen LogP contribution in [0.4, 0.5) is 10.5 Å². The largest absolute Gasteiger partial charge is 0.489 e. The van der Waals surface area contributed by atoms with Gasteiger partial charge in [-0.1, -0.05) is 29.8 Å². The molecule has 0 aliphatic heterocycles. The van der Waals surface area contributed by atoms with Crippen molar-refractivity contribution in [3.05, 3.63) is 58.0 Å². The zero-order valence-electron chi connectivity index (χ0n) is 11.0. The molecule has 2 aromatic rings. The number of anilines is 1. The highest BCUT2D eigenvalue weighted by molar-refractivity contribution is 9.10. The molecule has 0 aliphatic carbocycles. The Balaban J connectivity index is 1.71. The quantitative estimate of drug-likeness (QED) is 0.774. The van der Waals surface area contributed by atoms with Crippen LogP contribution in [0.1, 0.15) is 0 Å². The Kier molecular flexibility index (Phi) is 5.90. The van der Waals surface area contributed by atoms with Crippen molar-refractivity contribution in [2.24, 2.45) is 0 Å². The van der Waals surface area contributed by atoms with Crippen LogP contribution in [0.3, 0.4) is 0 Å². The van der Waals surface area contributed by atoms with Crippen molar-refractivity contribution in [2.45, 2.75) is 0 Å². The van der Waals surface area contributed by atoms with E-state index in [2.05, 4.69) is 21.2 Å². The molecular weight excluding hydrogens is 358 g/mol. The molecule has 0 saturated heterocycles. The first kappa shape index (κ1) is 15.7. The molecule has 0 bridgehead atoms. The van der Waals surface area contributed by atoms with Crippen molar-refractivity contribution in [3.8, 4) is 5.75 Å². The number of carbonyl (C=O) groups excluding carboxylic acids is 1. The zero-order valence-corrected chi connectivity index (χ0v) is 13.4. The van der Waals surface area contributed by atoms with Gasteiger partial charge in [-0.3, -0.25) is 5.32 Å². The van der Waals surface area contributed by atoms with E-state index in [4.69, 9.17) is 21.1 Å². The van der Waals surface area contributed by atoms with Crippen LogP contribution >= 0.6 is 27.5 Å². The minimum Gasteiger partial charge on any atom is -0.489 e. The summed E-state index contributed by atoms with van der Waals surface area (Å²) >= 11 is 9.19. The number of halogens is 2. The molecule has 1 N–H and O–H groups in total. The molecule has 0 heterocycles. The SMILES string of the molecule is O=C(Nc1cccc(Cl)c1)OCCOc1ccccc1Br. The van der Waals surface area contributed by atoms with E-state index in [1.807, 2.05) is 24.3 Å². The first-order valence-electron chi connectivity index (χ1n) is 6.22. The first-order valence-corrected chi connectivity index (χ1v) is 7.39. The van der Waals surface area contributed by atoms with Crippen molar-refractivity contribution in [2.75, 3.05) is 18.5 Å². The third-order valence-electron chi connectivity index (χ3n) is 2.48. The molecule has 0 aromatic heterocycles. The van der Waals surface area contributed by atoms with Crippen molar-refractivity contribution < 1.29 is 14.3 Å². The molecule has 0 unspecified atom stereocenters. The number of nitrogens with one attached hydrogen (secondary N) is 1. The number of hydrogen-bond donors (Lipinski definition) is 1. The summed E-state index contributed by atoms with van der Waals surface area (Å²) in [6, 6.07) is 14.3. The summed E-state index contributed by atoms with van der Waals surface area (Å²) in [6.45, 7) is 0.416. The number of benzene rings is 2. The normalized spacial score (nSPS) is 10.0. The second kappa shape index (κ2) is 7.90. The summed E-state index contributed by atoms with van der Waals surface area (Å²) in [5.74, 6) is 0.705. The number of hydrogen-bond acceptors (Lipinski definition) is 3. The van der Waals surface area contributed by atoms with Gasteiger partial charge in [0.1, 0.15) is 19.0 Å². The summed E-state index contributed by atoms with van der Waals surface area (Å²) in [4.78, 5) is 11.6. The average Bonchev–Trinajstić information content (AvgIpc) is 2.45. The highest BCUT2D eigenvalue weighted by Crippen LogP contribution is 2.23. The maximum Gasteiger partial charge on any atom is 0.411 e. The second-order valence-corrected chi connectivity index (χ2v) is 5.34. The van der Waals surface area contributed by atoms with E-state index < -0.39 is 6.09 Å². The lowest BCUT2D eigenvalue weighted by Crippen LogP contribution is -2.17. The number of rotatable bonds is 5. The lowest BCUT2D eigenvalue weighted by Gasteiger charge is -2.09. The Labute approximate surface area is 136 Å². The molecule has 0 fully saturated rings. The Bertz CT molecular complexity index is 621. The topological polar surface area (TPSA) is 47.6 Å². The molecule has 6 heteroatoms. The second-order valence-electron chi connectivity index (χ2n) is 4.05. The summed E-state index contributed by atoms with van der Waals surface area (Å²) in [6.07, 6.45) is -0.548. The summed E-state index contributed by atoms with van der Waals surface area (Å²) in [7, 11) is 0. The molecule has 0 saturated carbocycles. The van der Waals surface area contributed by atoms with Crippen LogP contribution in [0, 0.1) is 0 Å². The highest BCUT2D eigenvalue weighted by atomic mass is 79.9. The molecule has 4 nitrogen and oxygen atoms in total. The van der Waals surface area contributed by atoms with Gasteiger partial charge < -0.3 is 9.47 Å². The predicted octanol–water partition coefficient (Wildman–Crippen LogP) is 4.73. The monoisotopic (exact) mass is 369 g/mol. The Hall–Kier alpha value is -1.72. The van der Waals surface area contributed by atoms with Crippen molar-refractivity contribution >= 4 is 39.3 Å². The zero-order chi connectivity index (χ0) is 15.1. The number of amides is 1. The van der Waals surface area contributed by atoms with E-state index in [0.29, 0.717) is 16.5 Å². The Morgan fingerprint density at radius 2 is 1.95 bits per heavy atom. The minimum absolute atomic E-state index is 0.147. The summed E-state index contributed by atoms with van der Waals surface area (Å²) in [5, 5.41) is 3.13. The van der Waals surface area contributed by atoms with E-state index in [9.17, 15) is 4.79 Å². The summed E-state index contributed by atoms with van der Waals surface area (Å²) in [5.41, 5.74) is 0.583. The average molecular weight is 371 g/mol. The lowest BCUT2D eigenvalue weighted by molar-refractivity contribution is 0.137. The fourth-order valence-corrected chi connectivity index (χ4v) is 2.16. The fourth-order valence-electron chi connectivity index (χ4n) is 1.57.